The standard InChI is InChI=1S/C12H22O/c1-2-3-4-5-6-7-8-9-10-11-12-13/h5-6,10-11,13H,2-4,7-9,12H2,1H3/b6-5-,11-10-. The number of aliphatic hydroxyl groups is 1. The first-order valence-electron chi connectivity index (χ1n) is 5.32. The molecule has 0 rings (SSSR count). The quantitative estimate of drug-likeness (QED) is 0.450. The number of aliphatic hydroxyl groups excluding tert-OH is 1. The van der Waals surface area contributed by atoms with Crippen LogP contribution in [0.5, 0.6) is 0 Å². The van der Waals surface area contributed by atoms with Gasteiger partial charge in [0, 0.05) is 0 Å². The Labute approximate surface area is 82.2 Å². The monoisotopic (exact) mass is 182 g/mol. The van der Waals surface area contributed by atoms with Gasteiger partial charge in [-0.15, -0.1) is 0 Å². The summed E-state index contributed by atoms with van der Waals surface area (Å²) in [4.78, 5) is 0. The summed E-state index contributed by atoms with van der Waals surface area (Å²) in [6.45, 7) is 2.39. The van der Waals surface area contributed by atoms with Gasteiger partial charge in [0.25, 0.3) is 0 Å². The Morgan fingerprint density at radius 2 is 1.38 bits per heavy atom. The fourth-order valence-electron chi connectivity index (χ4n) is 1.10. The van der Waals surface area contributed by atoms with E-state index in [1.807, 2.05) is 6.08 Å². The van der Waals surface area contributed by atoms with E-state index in [0.717, 1.165) is 6.42 Å². The van der Waals surface area contributed by atoms with Crippen molar-refractivity contribution in [3.05, 3.63) is 24.3 Å². The summed E-state index contributed by atoms with van der Waals surface area (Å²) in [6, 6.07) is 0. The molecule has 0 spiro atoms. The fourth-order valence-corrected chi connectivity index (χ4v) is 1.10. The van der Waals surface area contributed by atoms with Crippen LogP contribution in [-0.4, -0.2) is 11.7 Å². The van der Waals surface area contributed by atoms with E-state index in [-0.39, 0.29) is 6.61 Å². The molecule has 0 atom stereocenters. The van der Waals surface area contributed by atoms with Gasteiger partial charge in [-0.05, 0) is 25.7 Å². The van der Waals surface area contributed by atoms with E-state index < -0.39 is 0 Å². The SMILES string of the molecule is CCCC/C=C\CCC/C=C\CO. The Bertz CT molecular complexity index is 136. The van der Waals surface area contributed by atoms with Crippen molar-refractivity contribution in [1.82, 2.24) is 0 Å². The number of allylic oxidation sites excluding steroid dienone is 3. The molecule has 0 aromatic carbocycles. The fraction of sp³-hybridized carbons (Fsp3) is 0.667. The molecule has 0 aromatic heterocycles. The summed E-state index contributed by atoms with van der Waals surface area (Å²) in [6.07, 6.45) is 15.6. The van der Waals surface area contributed by atoms with E-state index >= 15 is 0 Å². The van der Waals surface area contributed by atoms with Gasteiger partial charge in [-0.1, -0.05) is 44.1 Å². The van der Waals surface area contributed by atoms with Gasteiger partial charge in [0.05, 0.1) is 6.61 Å². The second-order valence-corrected chi connectivity index (χ2v) is 3.20. The van der Waals surface area contributed by atoms with Gasteiger partial charge in [-0.25, -0.2) is 0 Å². The summed E-state index contributed by atoms with van der Waals surface area (Å²) in [7, 11) is 0. The van der Waals surface area contributed by atoms with E-state index in [1.54, 1.807) is 6.08 Å². The molecule has 0 unspecified atom stereocenters. The number of hydrogen-bond acceptors (Lipinski definition) is 1. The Balaban J connectivity index is 3.06. The molecule has 0 aromatic rings. The van der Waals surface area contributed by atoms with Crippen molar-refractivity contribution in [1.29, 1.82) is 0 Å². The lowest BCUT2D eigenvalue weighted by atomic mass is 10.2. The number of unbranched alkanes of at least 4 members (excludes halogenated alkanes) is 4. The zero-order valence-corrected chi connectivity index (χ0v) is 8.71. The first kappa shape index (κ1) is 12.4. The predicted octanol–water partition coefficient (Wildman–Crippen LogP) is 3.45. The molecule has 0 aliphatic rings. The van der Waals surface area contributed by atoms with Crippen molar-refractivity contribution < 1.29 is 5.11 Å². The smallest absolute Gasteiger partial charge is 0.0612 e. The van der Waals surface area contributed by atoms with Crippen molar-refractivity contribution in [2.45, 2.75) is 45.4 Å². The molecule has 0 heterocycles. The largest absolute Gasteiger partial charge is 0.392 e. The minimum atomic E-state index is 0.173. The van der Waals surface area contributed by atoms with E-state index in [1.165, 1.54) is 32.1 Å². The average Bonchev–Trinajstić information content (AvgIpc) is 2.16. The highest BCUT2D eigenvalue weighted by molar-refractivity contribution is 4.84. The summed E-state index contributed by atoms with van der Waals surface area (Å²) in [5.41, 5.74) is 0. The topological polar surface area (TPSA) is 20.2 Å². The van der Waals surface area contributed by atoms with Gasteiger partial charge in [0.15, 0.2) is 0 Å². The Hall–Kier alpha value is -0.560. The third-order valence-corrected chi connectivity index (χ3v) is 1.90. The second-order valence-electron chi connectivity index (χ2n) is 3.20. The lowest BCUT2D eigenvalue weighted by Crippen LogP contribution is -1.73. The predicted molar refractivity (Wildman–Crippen MR) is 58.7 cm³/mol. The number of rotatable bonds is 8. The van der Waals surface area contributed by atoms with Gasteiger partial charge in [-0.3, -0.25) is 0 Å². The summed E-state index contributed by atoms with van der Waals surface area (Å²) < 4.78 is 0. The molecule has 0 saturated carbocycles. The highest BCUT2D eigenvalue weighted by Gasteiger charge is 1.81. The molecule has 1 heteroatoms. The highest BCUT2D eigenvalue weighted by Crippen LogP contribution is 2.00. The van der Waals surface area contributed by atoms with E-state index in [4.69, 9.17) is 5.11 Å². The van der Waals surface area contributed by atoms with Crippen LogP contribution in [0.3, 0.4) is 0 Å². The van der Waals surface area contributed by atoms with Crippen molar-refractivity contribution in [2.75, 3.05) is 6.61 Å². The van der Waals surface area contributed by atoms with Crippen molar-refractivity contribution in [3.63, 3.8) is 0 Å². The molecular formula is C12H22O. The Kier molecular flexibility index (Phi) is 10.9. The first-order chi connectivity index (χ1) is 6.41. The summed E-state index contributed by atoms with van der Waals surface area (Å²) in [5, 5.41) is 8.47. The van der Waals surface area contributed by atoms with E-state index in [9.17, 15) is 0 Å². The molecule has 0 saturated heterocycles. The van der Waals surface area contributed by atoms with Crippen LogP contribution in [0.15, 0.2) is 24.3 Å². The van der Waals surface area contributed by atoms with Gasteiger partial charge >= 0.3 is 0 Å². The molecule has 76 valence electrons. The Morgan fingerprint density at radius 1 is 0.846 bits per heavy atom. The zero-order chi connectivity index (χ0) is 9.78. The minimum absolute atomic E-state index is 0.173. The van der Waals surface area contributed by atoms with Crippen LogP contribution in [0, 0.1) is 0 Å². The first-order valence-corrected chi connectivity index (χ1v) is 5.32. The Morgan fingerprint density at radius 3 is 1.92 bits per heavy atom. The molecule has 0 amide bonds. The van der Waals surface area contributed by atoms with Crippen molar-refractivity contribution in [2.24, 2.45) is 0 Å². The van der Waals surface area contributed by atoms with E-state index in [0.29, 0.717) is 0 Å². The second kappa shape index (κ2) is 11.4. The van der Waals surface area contributed by atoms with Gasteiger partial charge in [0.2, 0.25) is 0 Å². The van der Waals surface area contributed by atoms with Gasteiger partial charge in [-0.2, -0.15) is 0 Å². The van der Waals surface area contributed by atoms with Gasteiger partial charge in [0.1, 0.15) is 0 Å². The van der Waals surface area contributed by atoms with Crippen LogP contribution < -0.4 is 0 Å². The van der Waals surface area contributed by atoms with Crippen molar-refractivity contribution >= 4 is 0 Å². The molecular weight excluding hydrogens is 160 g/mol. The van der Waals surface area contributed by atoms with E-state index in [2.05, 4.69) is 19.1 Å². The van der Waals surface area contributed by atoms with Crippen LogP contribution in [-0.2, 0) is 0 Å². The molecule has 0 bridgehead atoms. The molecule has 0 aliphatic heterocycles. The minimum Gasteiger partial charge on any atom is -0.392 e. The van der Waals surface area contributed by atoms with Gasteiger partial charge < -0.3 is 5.11 Å². The maximum Gasteiger partial charge on any atom is 0.0612 e. The highest BCUT2D eigenvalue weighted by atomic mass is 16.2. The molecule has 0 fully saturated rings. The number of hydrogen-bond donors (Lipinski definition) is 1. The molecule has 13 heavy (non-hydrogen) atoms. The van der Waals surface area contributed by atoms with Crippen LogP contribution >= 0.6 is 0 Å². The lowest BCUT2D eigenvalue weighted by molar-refractivity contribution is 0.342. The lowest BCUT2D eigenvalue weighted by Gasteiger charge is -1.91. The summed E-state index contributed by atoms with van der Waals surface area (Å²) in [5.74, 6) is 0. The van der Waals surface area contributed by atoms with Crippen LogP contribution in [0.25, 0.3) is 0 Å². The van der Waals surface area contributed by atoms with Crippen LogP contribution in [0.1, 0.15) is 45.4 Å². The normalized spacial score (nSPS) is 11.8. The molecule has 1 N–H and O–H groups in total. The molecule has 0 aliphatic carbocycles. The third kappa shape index (κ3) is 11.4. The maximum atomic E-state index is 8.47. The molecule has 1 nitrogen and oxygen atoms in total. The maximum absolute atomic E-state index is 8.47. The van der Waals surface area contributed by atoms with Crippen LogP contribution in [0.2, 0.25) is 0 Å². The zero-order valence-electron chi connectivity index (χ0n) is 8.71. The third-order valence-electron chi connectivity index (χ3n) is 1.90. The summed E-state index contributed by atoms with van der Waals surface area (Å²) >= 11 is 0. The average molecular weight is 182 g/mol. The van der Waals surface area contributed by atoms with Crippen LogP contribution in [0.4, 0.5) is 0 Å². The molecule has 0 radical (unpaired) electrons. The van der Waals surface area contributed by atoms with Crippen molar-refractivity contribution in [3.8, 4) is 0 Å².